The average molecular weight is 200 g/mol. The quantitative estimate of drug-likeness (QED) is 0.493. The molecule has 0 radical (unpaired) electrons. The molecule has 2 aliphatic rings. The van der Waals surface area contributed by atoms with E-state index in [9.17, 15) is 20.2 Å². The fourth-order valence-electron chi connectivity index (χ4n) is 2.90. The first-order chi connectivity index (χ1) is 6.58. The highest BCUT2D eigenvalue weighted by molar-refractivity contribution is 4.91. The normalized spacial score (nSPS) is 40.9. The molecule has 0 amide bonds. The molecule has 2 fully saturated rings. The summed E-state index contributed by atoms with van der Waals surface area (Å²) < 4.78 is 0. The largest absolute Gasteiger partial charge is 0.264 e. The highest BCUT2D eigenvalue weighted by Crippen LogP contribution is 2.45. The number of hydrogen-bond acceptors (Lipinski definition) is 4. The van der Waals surface area contributed by atoms with E-state index in [4.69, 9.17) is 0 Å². The summed E-state index contributed by atoms with van der Waals surface area (Å²) in [7, 11) is 0. The number of nitrogens with zero attached hydrogens (tertiary/aromatic N) is 2. The Kier molecular flexibility index (Phi) is 2.13. The summed E-state index contributed by atoms with van der Waals surface area (Å²) in [6.45, 7) is 0. The molecule has 0 aromatic rings. The predicted molar refractivity (Wildman–Crippen MR) is 47.0 cm³/mol. The monoisotopic (exact) mass is 200 g/mol. The number of nitro groups is 2. The van der Waals surface area contributed by atoms with Crippen molar-refractivity contribution in [2.24, 2.45) is 11.8 Å². The molecule has 78 valence electrons. The predicted octanol–water partition coefficient (Wildman–Crippen LogP) is 1.10. The van der Waals surface area contributed by atoms with Crippen LogP contribution in [0.1, 0.15) is 25.7 Å². The lowest BCUT2D eigenvalue weighted by Gasteiger charge is -2.04. The van der Waals surface area contributed by atoms with Gasteiger partial charge in [-0.1, -0.05) is 0 Å². The minimum Gasteiger partial charge on any atom is -0.264 e. The molecule has 0 bridgehead atoms. The molecule has 0 unspecified atom stereocenters. The summed E-state index contributed by atoms with van der Waals surface area (Å²) in [5.74, 6) is 0.446. The Morgan fingerprint density at radius 2 is 1.07 bits per heavy atom. The summed E-state index contributed by atoms with van der Waals surface area (Å²) in [5, 5.41) is 21.0. The average Bonchev–Trinajstić information content (AvgIpc) is 2.57. The van der Waals surface area contributed by atoms with Gasteiger partial charge in [-0.05, 0) is 11.8 Å². The lowest BCUT2D eigenvalue weighted by molar-refractivity contribution is -0.529. The van der Waals surface area contributed by atoms with Crippen molar-refractivity contribution < 1.29 is 9.85 Å². The van der Waals surface area contributed by atoms with E-state index < -0.39 is 12.1 Å². The molecule has 0 aliphatic heterocycles. The van der Waals surface area contributed by atoms with Crippen LogP contribution >= 0.6 is 0 Å². The van der Waals surface area contributed by atoms with Gasteiger partial charge in [-0.15, -0.1) is 0 Å². The minimum absolute atomic E-state index is 0.223. The van der Waals surface area contributed by atoms with Gasteiger partial charge in [-0.2, -0.15) is 0 Å². The topological polar surface area (TPSA) is 86.3 Å². The Morgan fingerprint density at radius 1 is 0.786 bits per heavy atom. The van der Waals surface area contributed by atoms with Gasteiger partial charge in [-0.3, -0.25) is 20.2 Å². The third-order valence-corrected chi connectivity index (χ3v) is 3.56. The van der Waals surface area contributed by atoms with Crippen LogP contribution in [0.2, 0.25) is 0 Å². The van der Waals surface area contributed by atoms with E-state index >= 15 is 0 Å². The zero-order chi connectivity index (χ0) is 10.3. The molecule has 6 nitrogen and oxygen atoms in total. The van der Waals surface area contributed by atoms with Gasteiger partial charge in [0.05, 0.1) is 0 Å². The van der Waals surface area contributed by atoms with Gasteiger partial charge in [0.15, 0.2) is 0 Å². The molecule has 14 heavy (non-hydrogen) atoms. The summed E-state index contributed by atoms with van der Waals surface area (Å²) in [6.07, 6.45) is 2.17. The third-order valence-electron chi connectivity index (χ3n) is 3.56. The van der Waals surface area contributed by atoms with Crippen molar-refractivity contribution in [2.45, 2.75) is 37.8 Å². The molecule has 0 aromatic carbocycles. The van der Waals surface area contributed by atoms with Gasteiger partial charge in [0.1, 0.15) is 0 Å². The summed E-state index contributed by atoms with van der Waals surface area (Å²) in [5.41, 5.74) is 0. The van der Waals surface area contributed by atoms with E-state index in [2.05, 4.69) is 0 Å². The van der Waals surface area contributed by atoms with Crippen molar-refractivity contribution in [2.75, 3.05) is 0 Å². The molecule has 0 aromatic heterocycles. The lowest BCUT2D eigenvalue weighted by atomic mass is 10.0. The van der Waals surface area contributed by atoms with Crippen molar-refractivity contribution in [3.8, 4) is 0 Å². The lowest BCUT2D eigenvalue weighted by Crippen LogP contribution is -2.20. The Bertz CT molecular complexity index is 241. The zero-order valence-electron chi connectivity index (χ0n) is 7.67. The van der Waals surface area contributed by atoms with E-state index in [1.807, 2.05) is 0 Å². The van der Waals surface area contributed by atoms with E-state index in [1.54, 1.807) is 0 Å². The summed E-state index contributed by atoms with van der Waals surface area (Å²) in [4.78, 5) is 20.6. The second-order valence-electron chi connectivity index (χ2n) is 4.34. The van der Waals surface area contributed by atoms with Crippen LogP contribution in [0.5, 0.6) is 0 Å². The second-order valence-corrected chi connectivity index (χ2v) is 4.34. The van der Waals surface area contributed by atoms with Crippen molar-refractivity contribution in [1.82, 2.24) is 0 Å². The molecule has 0 N–H and O–H groups in total. The van der Waals surface area contributed by atoms with Gasteiger partial charge in [0, 0.05) is 35.5 Å². The first kappa shape index (κ1) is 9.36. The van der Waals surface area contributed by atoms with Crippen LogP contribution in [0.25, 0.3) is 0 Å². The molecule has 6 heteroatoms. The van der Waals surface area contributed by atoms with Crippen molar-refractivity contribution in [3.05, 3.63) is 20.2 Å². The SMILES string of the molecule is O=[N+]([O-])C1CC2CC([N+](=O)[O-])CC2C1. The molecule has 0 atom stereocenters. The van der Waals surface area contributed by atoms with Crippen LogP contribution < -0.4 is 0 Å². The van der Waals surface area contributed by atoms with Crippen LogP contribution in [0.4, 0.5) is 0 Å². The minimum atomic E-state index is -0.447. The van der Waals surface area contributed by atoms with E-state index in [1.165, 1.54) is 0 Å². The van der Waals surface area contributed by atoms with Crippen LogP contribution in [0.3, 0.4) is 0 Å². The molecule has 0 heterocycles. The van der Waals surface area contributed by atoms with Gasteiger partial charge < -0.3 is 0 Å². The van der Waals surface area contributed by atoms with Crippen LogP contribution in [-0.2, 0) is 0 Å². The smallest absolute Gasteiger partial charge is 0.213 e. The molecule has 2 rings (SSSR count). The maximum absolute atomic E-state index is 10.5. The van der Waals surface area contributed by atoms with Gasteiger partial charge in [0.2, 0.25) is 12.1 Å². The molecule has 2 saturated carbocycles. The fourth-order valence-corrected chi connectivity index (χ4v) is 2.90. The Balaban J connectivity index is 1.96. The maximum atomic E-state index is 10.5. The van der Waals surface area contributed by atoms with Crippen molar-refractivity contribution >= 4 is 0 Å². The zero-order valence-corrected chi connectivity index (χ0v) is 7.67. The van der Waals surface area contributed by atoms with Gasteiger partial charge in [-0.25, -0.2) is 0 Å². The van der Waals surface area contributed by atoms with Gasteiger partial charge in [0.25, 0.3) is 0 Å². The van der Waals surface area contributed by atoms with E-state index in [0.29, 0.717) is 25.7 Å². The van der Waals surface area contributed by atoms with Crippen LogP contribution in [0.15, 0.2) is 0 Å². The van der Waals surface area contributed by atoms with Crippen molar-refractivity contribution in [1.29, 1.82) is 0 Å². The van der Waals surface area contributed by atoms with Gasteiger partial charge >= 0.3 is 0 Å². The first-order valence-electron chi connectivity index (χ1n) is 4.85. The molecule has 0 saturated heterocycles. The van der Waals surface area contributed by atoms with Crippen LogP contribution in [-0.4, -0.2) is 21.9 Å². The number of fused-ring (bicyclic) bond motifs is 1. The molecular formula is C8H12N2O4. The standard InChI is InChI=1S/C8H12N2O4/c11-9(12)7-1-5-2-8(10(13)14)4-6(5)3-7/h5-8H,1-4H2. The maximum Gasteiger partial charge on any atom is 0.213 e. The third kappa shape index (κ3) is 1.44. The highest BCUT2D eigenvalue weighted by Gasteiger charge is 2.49. The Morgan fingerprint density at radius 3 is 1.29 bits per heavy atom. The number of hydrogen-bond donors (Lipinski definition) is 0. The summed E-state index contributed by atoms with van der Waals surface area (Å²) in [6, 6.07) is -0.893. The summed E-state index contributed by atoms with van der Waals surface area (Å²) >= 11 is 0. The van der Waals surface area contributed by atoms with Crippen LogP contribution in [0, 0.1) is 32.1 Å². The van der Waals surface area contributed by atoms with E-state index in [-0.39, 0.29) is 21.7 Å². The second kappa shape index (κ2) is 3.18. The molecule has 2 aliphatic carbocycles. The van der Waals surface area contributed by atoms with E-state index in [0.717, 1.165) is 0 Å². The first-order valence-corrected chi connectivity index (χ1v) is 4.85. The highest BCUT2D eigenvalue weighted by atomic mass is 16.6. The Hall–Kier alpha value is -1.20. The fraction of sp³-hybridized carbons (Fsp3) is 1.00. The molecule has 0 spiro atoms. The molecular weight excluding hydrogens is 188 g/mol. The Labute approximate surface area is 80.6 Å². The van der Waals surface area contributed by atoms with Crippen molar-refractivity contribution in [3.63, 3.8) is 0 Å². The number of rotatable bonds is 2.